The van der Waals surface area contributed by atoms with Crippen LogP contribution in [-0.2, 0) is 67.4 Å². The molecular weight excluding hydrogens is 1410 g/mol. The van der Waals surface area contributed by atoms with Crippen molar-refractivity contribution < 1.29 is 89.5 Å². The highest BCUT2D eigenvalue weighted by molar-refractivity contribution is 7.93. The normalized spacial score (nSPS) is 25.8. The number of hydrogen-bond acceptors (Lipinski definition) is 19. The van der Waals surface area contributed by atoms with Crippen molar-refractivity contribution in [1.29, 1.82) is 0 Å². The summed E-state index contributed by atoms with van der Waals surface area (Å²) in [6, 6.07) is -7.32. The number of halogens is 1. The number of urea groups is 2. The zero-order chi connectivity index (χ0) is 77.6. The van der Waals surface area contributed by atoms with Gasteiger partial charge < -0.3 is 87.0 Å². The molecule has 596 valence electrons. The summed E-state index contributed by atoms with van der Waals surface area (Å²) in [5.41, 5.74) is 2.16. The molecule has 0 bridgehead atoms. The van der Waals surface area contributed by atoms with E-state index < -0.39 is 183 Å². The topological polar surface area (TPSA) is 419 Å². The summed E-state index contributed by atoms with van der Waals surface area (Å²) in [6.07, 6.45) is 9.83. The Labute approximate surface area is 622 Å². The van der Waals surface area contributed by atoms with Gasteiger partial charge in [-0.05, 0) is 130 Å². The third kappa shape index (κ3) is 23.9. The average Bonchev–Trinajstić information content (AvgIpc) is 1.61. The zero-order valence-electron chi connectivity index (χ0n) is 64.3. The standard InChI is InChI=1S/C36H61N5O9S.C26H45N3O8S.C10H18N2O2.ClH/c1-10-18-37-30(44)26(42)23(19-22-14-15-22)38-29(43)25-27-24(49-35(8,9)50-27)20-41(25)31(45)28(33(2,3)4)39-32(46)40-36(16-12-11-13-17-36)21-51(47,48)34(5,6)7;1-23(2,3)19(20(30)29-14-16-18(17(29)21(31)32)37-25(7,8)36-16)27-22(33)28-26(12-10-9-11-13-26)15-38(34,35)24(4,5)6;1-2-5-12-10(14)9(13)8(11)6-7-3-4-7;/h10,22-28,42H,1,11-21H2,2-9H3,(H,37,44)(H,38,43)(H2,39,40,46);16-19H,9-15H2,1-8H3,(H,31,32)(H2,27,28,33);2,7-9,13H,1,3-6,11H2,(H,12,14);1H/t23-,24-,25-,26?,27-,28+;16-,17-,18-,19+;8-,9?;/m000./s1. The Bertz CT molecular complexity index is 3270. The largest absolute Gasteiger partial charge is 0.480 e. The fourth-order valence-corrected chi connectivity index (χ4v) is 17.3. The van der Waals surface area contributed by atoms with Crippen LogP contribution < -0.4 is 43.0 Å². The molecule has 8 fully saturated rings. The van der Waals surface area contributed by atoms with Gasteiger partial charge in [-0.2, -0.15) is 0 Å². The summed E-state index contributed by atoms with van der Waals surface area (Å²) in [5, 5.41) is 49.9. The Morgan fingerprint density at radius 2 is 0.904 bits per heavy atom. The molecule has 0 aromatic carbocycles. The smallest absolute Gasteiger partial charge is 0.329 e. The molecule has 104 heavy (non-hydrogen) atoms. The van der Waals surface area contributed by atoms with E-state index in [-0.39, 0.29) is 49.5 Å². The number of rotatable bonds is 25. The number of nitrogens with zero attached hydrogens (tertiary/aromatic N) is 2. The first-order valence-corrected chi connectivity index (χ1v) is 40.0. The maximum Gasteiger partial charge on any atom is 0.329 e. The Hall–Kier alpha value is -5.25. The second kappa shape index (κ2) is 35.0. The van der Waals surface area contributed by atoms with Crippen LogP contribution in [0.4, 0.5) is 9.59 Å². The second-order valence-electron chi connectivity index (χ2n) is 34.8. The average molecular weight is 1530 g/mol. The molecule has 4 aliphatic carbocycles. The summed E-state index contributed by atoms with van der Waals surface area (Å²) in [4.78, 5) is 109. The first-order valence-electron chi connectivity index (χ1n) is 36.7. The molecule has 4 saturated heterocycles. The Balaban J connectivity index is 0.000000320. The molecule has 0 spiro atoms. The molecule has 32 heteroatoms. The number of carbonyl (C=O) groups is 8. The number of aliphatic hydroxyl groups excluding tert-OH is 2. The summed E-state index contributed by atoms with van der Waals surface area (Å²) >= 11 is 0. The number of sulfone groups is 2. The summed E-state index contributed by atoms with van der Waals surface area (Å²) in [5.74, 6) is -5.49. The van der Waals surface area contributed by atoms with Gasteiger partial charge in [0.25, 0.3) is 11.8 Å². The number of carbonyl (C=O) groups excluding carboxylic acids is 7. The lowest BCUT2D eigenvalue weighted by Crippen LogP contribution is -2.64. The van der Waals surface area contributed by atoms with E-state index in [1.165, 1.54) is 28.7 Å². The van der Waals surface area contributed by atoms with Gasteiger partial charge in [-0.1, -0.05) is 118 Å². The highest BCUT2D eigenvalue weighted by Crippen LogP contribution is 2.42. The fraction of sp³-hybridized carbons (Fsp3) is 0.833. The van der Waals surface area contributed by atoms with E-state index in [1.807, 2.05) is 0 Å². The molecule has 0 radical (unpaired) electrons. The minimum atomic E-state index is -3.59. The summed E-state index contributed by atoms with van der Waals surface area (Å²) < 4.78 is 74.8. The number of fused-ring (bicyclic) bond motifs is 2. The highest BCUT2D eigenvalue weighted by Gasteiger charge is 2.60. The van der Waals surface area contributed by atoms with Crippen LogP contribution in [0.15, 0.2) is 25.3 Å². The zero-order valence-corrected chi connectivity index (χ0v) is 66.7. The molecule has 4 aliphatic heterocycles. The van der Waals surface area contributed by atoms with Crippen molar-refractivity contribution in [2.75, 3.05) is 37.7 Å². The van der Waals surface area contributed by atoms with Crippen molar-refractivity contribution in [2.24, 2.45) is 28.4 Å². The van der Waals surface area contributed by atoms with E-state index in [1.54, 1.807) is 117 Å². The van der Waals surface area contributed by atoms with Gasteiger partial charge in [-0.15, -0.1) is 25.6 Å². The quantitative estimate of drug-likeness (QED) is 0.0540. The van der Waals surface area contributed by atoms with Crippen molar-refractivity contribution in [3.63, 3.8) is 0 Å². The molecule has 2 unspecified atom stereocenters. The van der Waals surface area contributed by atoms with Gasteiger partial charge in [0.2, 0.25) is 17.7 Å². The third-order valence-corrected chi connectivity index (χ3v) is 26.2. The molecule has 12 atom stereocenters. The number of aliphatic carboxylic acids is 1. The van der Waals surface area contributed by atoms with E-state index in [2.05, 4.69) is 50.4 Å². The molecule has 8 aliphatic rings. The number of nitrogens with one attached hydrogen (secondary N) is 7. The van der Waals surface area contributed by atoms with E-state index in [4.69, 9.17) is 24.7 Å². The fourth-order valence-electron chi connectivity index (χ4n) is 14.3. The molecule has 0 aromatic heterocycles. The monoisotopic (exact) mass is 1530 g/mol. The Morgan fingerprint density at radius 3 is 1.25 bits per heavy atom. The van der Waals surface area contributed by atoms with Gasteiger partial charge in [0.1, 0.15) is 48.6 Å². The van der Waals surface area contributed by atoms with Gasteiger partial charge in [0.05, 0.1) is 51.2 Å². The van der Waals surface area contributed by atoms with E-state index in [9.17, 15) is 70.5 Å². The minimum Gasteiger partial charge on any atom is -0.480 e. The van der Waals surface area contributed by atoms with Gasteiger partial charge in [0.15, 0.2) is 43.4 Å². The Kier molecular flexibility index (Phi) is 30.1. The summed E-state index contributed by atoms with van der Waals surface area (Å²) in [7, 11) is -7.12. The molecular formula is C72H125ClN10O19S2. The highest BCUT2D eigenvalue weighted by atomic mass is 35.5. The van der Waals surface area contributed by atoms with Crippen LogP contribution in [0.5, 0.6) is 0 Å². The van der Waals surface area contributed by atoms with Crippen molar-refractivity contribution in [2.45, 2.75) is 319 Å². The predicted molar refractivity (Wildman–Crippen MR) is 395 cm³/mol. The molecule has 12 N–H and O–H groups in total. The number of likely N-dealkylation sites (tertiary alicyclic amines) is 2. The lowest BCUT2D eigenvalue weighted by molar-refractivity contribution is -0.175. The number of hydrogen-bond donors (Lipinski definition) is 11. The van der Waals surface area contributed by atoms with Gasteiger partial charge >= 0.3 is 18.0 Å². The van der Waals surface area contributed by atoms with Crippen molar-refractivity contribution >= 4 is 79.6 Å². The third-order valence-electron chi connectivity index (χ3n) is 20.6. The molecule has 4 saturated carbocycles. The second-order valence-corrected chi connectivity index (χ2v) is 40.3. The first-order chi connectivity index (χ1) is 47.3. The van der Waals surface area contributed by atoms with Gasteiger partial charge in [-0.3, -0.25) is 24.0 Å². The number of carboxylic acid groups (broad SMARTS) is 1. The van der Waals surface area contributed by atoms with Crippen molar-refractivity contribution in [3.05, 3.63) is 25.3 Å². The lowest BCUT2D eigenvalue weighted by Gasteiger charge is -2.41. The van der Waals surface area contributed by atoms with Crippen molar-refractivity contribution in [1.82, 2.24) is 47.0 Å². The first kappa shape index (κ1) is 89.4. The summed E-state index contributed by atoms with van der Waals surface area (Å²) in [6.45, 7) is 35.0. The Morgan fingerprint density at radius 1 is 0.548 bits per heavy atom. The molecule has 9 amide bonds. The van der Waals surface area contributed by atoms with Gasteiger partial charge in [-0.25, -0.2) is 31.2 Å². The number of carboxylic acids is 1. The SMILES string of the molecule is C=CCNC(=O)C(O)[C@@H](N)CC1CC1.C=CCNC(=O)C(O)[C@H](CC1CC1)NC(=O)[C@@H]1[C@H]2OC(C)(C)O[C@H]2CN1C(=O)[C@@H](NC(=O)NC1(CS(=O)(=O)C(C)(C)C)CCCCC1)C(C)(C)C.CC1(C)O[C@H]2[C@H](CN(C(=O)[C@@H](NC(=O)NC3(CS(=O)(=O)C(C)(C)C)CCCCC3)C(C)(C)C)[C@@H]2C(=O)O)O1.Cl. The van der Waals surface area contributed by atoms with Crippen LogP contribution in [0.3, 0.4) is 0 Å². The molecule has 8 rings (SSSR count). The van der Waals surface area contributed by atoms with Gasteiger partial charge in [0, 0.05) is 19.1 Å². The van der Waals surface area contributed by atoms with Crippen LogP contribution in [0, 0.1) is 22.7 Å². The predicted octanol–water partition coefficient (Wildman–Crippen LogP) is 4.93. The molecule has 29 nitrogen and oxygen atoms in total. The molecule has 4 heterocycles. The van der Waals surface area contributed by atoms with Crippen LogP contribution in [0.25, 0.3) is 0 Å². The van der Waals surface area contributed by atoms with Crippen molar-refractivity contribution in [3.8, 4) is 0 Å². The minimum absolute atomic E-state index is 0. The number of amides is 9. The van der Waals surface area contributed by atoms with E-state index >= 15 is 0 Å². The number of ether oxygens (including phenoxy) is 4. The van der Waals surface area contributed by atoms with Crippen LogP contribution >= 0.6 is 12.4 Å². The maximum absolute atomic E-state index is 14.6. The number of nitrogens with two attached hydrogens (primary N) is 1. The van der Waals surface area contributed by atoms with Crippen LogP contribution in [0.2, 0.25) is 0 Å². The molecule has 0 aromatic rings. The van der Waals surface area contributed by atoms with Crippen LogP contribution in [0.1, 0.15) is 214 Å². The lowest BCUT2D eigenvalue weighted by atomic mass is 9.83. The number of aliphatic hydroxyl groups is 2. The van der Waals surface area contributed by atoms with E-state index in [0.717, 1.165) is 57.8 Å². The maximum atomic E-state index is 14.6. The van der Waals surface area contributed by atoms with E-state index in [0.29, 0.717) is 44.6 Å². The van der Waals surface area contributed by atoms with Crippen LogP contribution in [-0.4, -0.2) is 232 Å².